The molecule has 1 amide bonds. The summed E-state index contributed by atoms with van der Waals surface area (Å²) in [5.41, 5.74) is 2.37. The van der Waals surface area contributed by atoms with E-state index < -0.39 is 15.9 Å². The third-order valence-electron chi connectivity index (χ3n) is 5.62. The maximum Gasteiger partial charge on any atom is 0.279 e. The van der Waals surface area contributed by atoms with Gasteiger partial charge in [-0.15, -0.1) is 0 Å². The van der Waals surface area contributed by atoms with Gasteiger partial charge in [0.05, 0.1) is 25.7 Å². The lowest BCUT2D eigenvalue weighted by Crippen LogP contribution is -2.19. The van der Waals surface area contributed by atoms with E-state index in [1.54, 1.807) is 57.7 Å². The minimum absolute atomic E-state index is 0.157. The van der Waals surface area contributed by atoms with E-state index in [1.807, 2.05) is 11.5 Å². The average molecular weight is 542 g/mol. The Morgan fingerprint density at radius 2 is 1.59 bits per heavy atom. The molecule has 1 N–H and O–H groups in total. The predicted molar refractivity (Wildman–Crippen MR) is 143 cm³/mol. The zero-order valence-electron chi connectivity index (χ0n) is 20.8. The number of hydrogen-bond acceptors (Lipinski definition) is 7. The number of nitrogens with one attached hydrogen (secondary N) is 1. The minimum Gasteiger partial charge on any atom is -0.495 e. The summed E-state index contributed by atoms with van der Waals surface area (Å²) in [7, 11) is 1.01. The zero-order chi connectivity index (χ0) is 26.6. The molecule has 0 saturated heterocycles. The van der Waals surface area contributed by atoms with E-state index in [0.717, 1.165) is 15.8 Å². The van der Waals surface area contributed by atoms with Crippen molar-refractivity contribution in [2.24, 2.45) is 4.99 Å². The van der Waals surface area contributed by atoms with Crippen LogP contribution in [0, 0.1) is 6.92 Å². The number of fused-ring (bicyclic) bond motifs is 1. The molecule has 0 fully saturated rings. The van der Waals surface area contributed by atoms with Crippen molar-refractivity contribution in [3.8, 4) is 11.5 Å². The molecule has 37 heavy (non-hydrogen) atoms. The van der Waals surface area contributed by atoms with Crippen molar-refractivity contribution in [1.29, 1.82) is 0 Å². The van der Waals surface area contributed by atoms with Gasteiger partial charge in [-0.1, -0.05) is 29.0 Å². The molecule has 11 heteroatoms. The molecule has 3 aromatic carbocycles. The fourth-order valence-corrected chi connectivity index (χ4v) is 5.92. The second kappa shape index (κ2) is 11.2. The summed E-state index contributed by atoms with van der Waals surface area (Å²) in [6.07, 6.45) is 0. The van der Waals surface area contributed by atoms with Crippen molar-refractivity contribution < 1.29 is 27.4 Å². The number of anilines is 1. The van der Waals surface area contributed by atoms with Crippen LogP contribution in [0.2, 0.25) is 0 Å². The first-order chi connectivity index (χ1) is 17.8. The van der Waals surface area contributed by atoms with Gasteiger partial charge in [-0.05, 0) is 55.5 Å². The molecule has 0 saturated carbocycles. The standard InChI is InChI=1S/C26H27N3O6S2/c1-17-5-11-20(12-6-17)37(31,32)28-19-9-7-18(8-10-19)25(30)27-26-29(15-16-33-2)23-21(34-3)13-14-22(35-4)24(23)36-26/h5-14,28H,15-16H2,1-4H3. The molecular weight excluding hydrogens is 514 g/mol. The van der Waals surface area contributed by atoms with E-state index in [4.69, 9.17) is 14.2 Å². The summed E-state index contributed by atoms with van der Waals surface area (Å²) in [4.78, 5) is 18.1. The van der Waals surface area contributed by atoms with Crippen molar-refractivity contribution in [1.82, 2.24) is 4.57 Å². The summed E-state index contributed by atoms with van der Waals surface area (Å²) in [5.74, 6) is 0.803. The lowest BCUT2D eigenvalue weighted by Gasteiger charge is -2.10. The molecular formula is C26H27N3O6S2. The van der Waals surface area contributed by atoms with E-state index in [0.29, 0.717) is 40.7 Å². The number of aromatic nitrogens is 1. The van der Waals surface area contributed by atoms with Crippen molar-refractivity contribution in [3.05, 3.63) is 76.6 Å². The number of nitrogens with zero attached hydrogens (tertiary/aromatic N) is 2. The van der Waals surface area contributed by atoms with Gasteiger partial charge < -0.3 is 18.8 Å². The van der Waals surface area contributed by atoms with Gasteiger partial charge in [0.15, 0.2) is 4.80 Å². The molecule has 0 bridgehead atoms. The number of rotatable bonds is 9. The summed E-state index contributed by atoms with van der Waals surface area (Å²) in [5, 5.41) is 0. The van der Waals surface area contributed by atoms with Crippen molar-refractivity contribution >= 4 is 43.2 Å². The number of amides is 1. The van der Waals surface area contributed by atoms with Crippen LogP contribution in [-0.4, -0.2) is 46.8 Å². The van der Waals surface area contributed by atoms with Crippen LogP contribution in [0.5, 0.6) is 11.5 Å². The Hall–Kier alpha value is -3.67. The highest BCUT2D eigenvalue weighted by atomic mass is 32.2. The third kappa shape index (κ3) is 5.68. The predicted octanol–water partition coefficient (Wildman–Crippen LogP) is 4.22. The first kappa shape index (κ1) is 26.4. The van der Waals surface area contributed by atoms with Gasteiger partial charge in [-0.25, -0.2) is 8.42 Å². The van der Waals surface area contributed by atoms with Crippen molar-refractivity contribution in [2.75, 3.05) is 32.7 Å². The van der Waals surface area contributed by atoms with Gasteiger partial charge in [-0.3, -0.25) is 9.52 Å². The summed E-state index contributed by atoms with van der Waals surface area (Å²) in [6, 6.07) is 16.3. The molecule has 0 atom stereocenters. The highest BCUT2D eigenvalue weighted by Gasteiger charge is 2.18. The van der Waals surface area contributed by atoms with Crippen LogP contribution in [-0.2, 0) is 21.3 Å². The zero-order valence-corrected chi connectivity index (χ0v) is 22.5. The van der Waals surface area contributed by atoms with Gasteiger partial charge >= 0.3 is 0 Å². The molecule has 9 nitrogen and oxygen atoms in total. The number of benzene rings is 3. The molecule has 194 valence electrons. The van der Waals surface area contributed by atoms with Crippen molar-refractivity contribution in [3.63, 3.8) is 0 Å². The molecule has 1 aromatic heterocycles. The number of aryl methyl sites for hydroxylation is 1. The van der Waals surface area contributed by atoms with Crippen LogP contribution >= 0.6 is 11.3 Å². The minimum atomic E-state index is -3.75. The van der Waals surface area contributed by atoms with Crippen LogP contribution in [0.25, 0.3) is 10.2 Å². The third-order valence-corrected chi connectivity index (χ3v) is 8.11. The number of methoxy groups -OCH3 is 3. The first-order valence-electron chi connectivity index (χ1n) is 11.3. The molecule has 0 aliphatic carbocycles. The highest BCUT2D eigenvalue weighted by molar-refractivity contribution is 7.92. The Bertz CT molecular complexity index is 1590. The second-order valence-electron chi connectivity index (χ2n) is 8.09. The maximum atomic E-state index is 13.1. The van der Waals surface area contributed by atoms with Gasteiger partial charge in [0.25, 0.3) is 15.9 Å². The topological polar surface area (TPSA) is 108 Å². The number of carbonyl (C=O) groups excluding carboxylic acids is 1. The monoisotopic (exact) mass is 541 g/mol. The maximum absolute atomic E-state index is 13.1. The van der Waals surface area contributed by atoms with Gasteiger partial charge in [0, 0.05) is 24.9 Å². The summed E-state index contributed by atoms with van der Waals surface area (Å²) >= 11 is 1.31. The lowest BCUT2D eigenvalue weighted by atomic mass is 10.2. The largest absolute Gasteiger partial charge is 0.495 e. The Kier molecular flexibility index (Phi) is 7.96. The smallest absolute Gasteiger partial charge is 0.279 e. The van der Waals surface area contributed by atoms with Crippen LogP contribution < -0.4 is 19.0 Å². The number of thiazole rings is 1. The van der Waals surface area contributed by atoms with Crippen LogP contribution in [0.4, 0.5) is 5.69 Å². The lowest BCUT2D eigenvalue weighted by molar-refractivity contribution is 0.0997. The average Bonchev–Trinajstić information content (AvgIpc) is 3.25. The molecule has 0 unspecified atom stereocenters. The molecule has 0 radical (unpaired) electrons. The first-order valence-corrected chi connectivity index (χ1v) is 13.6. The molecule has 4 rings (SSSR count). The fourth-order valence-electron chi connectivity index (χ4n) is 3.69. The van der Waals surface area contributed by atoms with E-state index >= 15 is 0 Å². The van der Waals surface area contributed by atoms with Crippen LogP contribution in [0.1, 0.15) is 15.9 Å². The highest BCUT2D eigenvalue weighted by Crippen LogP contribution is 2.35. The van der Waals surface area contributed by atoms with E-state index in [2.05, 4.69) is 9.71 Å². The van der Waals surface area contributed by atoms with E-state index in [-0.39, 0.29) is 4.90 Å². The van der Waals surface area contributed by atoms with Gasteiger partial charge in [-0.2, -0.15) is 4.99 Å². The van der Waals surface area contributed by atoms with Crippen LogP contribution in [0.15, 0.2) is 70.6 Å². The molecule has 0 aliphatic heterocycles. The van der Waals surface area contributed by atoms with Crippen LogP contribution in [0.3, 0.4) is 0 Å². The van der Waals surface area contributed by atoms with Gasteiger partial charge in [0.2, 0.25) is 0 Å². The number of carbonyl (C=O) groups is 1. The Balaban J connectivity index is 1.66. The number of ether oxygens (including phenoxy) is 3. The molecule has 0 aliphatic rings. The second-order valence-corrected chi connectivity index (χ2v) is 10.7. The SMILES string of the molecule is COCCn1c(=NC(=O)c2ccc(NS(=O)(=O)c3ccc(C)cc3)cc2)sc2c(OC)ccc(OC)c21. The van der Waals surface area contributed by atoms with E-state index in [1.165, 1.54) is 35.6 Å². The normalized spacial score (nSPS) is 12.1. The van der Waals surface area contributed by atoms with Crippen molar-refractivity contribution in [2.45, 2.75) is 18.4 Å². The summed E-state index contributed by atoms with van der Waals surface area (Å²) in [6.45, 7) is 2.74. The van der Waals surface area contributed by atoms with Gasteiger partial charge in [0.1, 0.15) is 21.7 Å². The molecule has 0 spiro atoms. The summed E-state index contributed by atoms with van der Waals surface area (Å²) < 4.78 is 46.8. The fraction of sp³-hybridized carbons (Fsp3) is 0.231. The molecule has 4 aromatic rings. The number of hydrogen-bond donors (Lipinski definition) is 1. The Morgan fingerprint density at radius 1 is 0.946 bits per heavy atom. The Morgan fingerprint density at radius 3 is 2.22 bits per heavy atom. The number of sulfonamides is 1. The van der Waals surface area contributed by atoms with E-state index in [9.17, 15) is 13.2 Å². The quantitative estimate of drug-likeness (QED) is 0.340. The Labute approximate surface area is 219 Å². The molecule has 1 heterocycles.